The van der Waals surface area contributed by atoms with E-state index in [9.17, 15) is 19.5 Å². The highest BCUT2D eigenvalue weighted by Gasteiger charge is 2.49. The summed E-state index contributed by atoms with van der Waals surface area (Å²) in [6.45, 7) is 0.336. The van der Waals surface area contributed by atoms with Crippen molar-refractivity contribution in [3.63, 3.8) is 0 Å². The fourth-order valence-corrected chi connectivity index (χ4v) is 5.21. The van der Waals surface area contributed by atoms with Gasteiger partial charge < -0.3 is 24.8 Å². The molecule has 5 rings (SSSR count). The number of nitrogens with one attached hydrogen (secondary N) is 1. The molecule has 2 aromatic carbocycles. The largest absolute Gasteiger partial charge is 0.480 e. The summed E-state index contributed by atoms with van der Waals surface area (Å²) in [5, 5.41) is 12.0. The van der Waals surface area contributed by atoms with Gasteiger partial charge in [-0.25, -0.2) is 9.59 Å². The standard InChI is InChI=1S/C24H24N2O6/c27-22(26-19-9-10-31-21(19)11-20(26)23(28)29)12-25-24(30)32-13-18-16-7-3-1-5-14(16)15-6-2-4-8-17(15)18/h1-8,18-21H,9-13H2,(H,25,30)(H,28,29)/t19-,20?,21-/m1/s1. The maximum atomic E-state index is 12.7. The van der Waals surface area contributed by atoms with Gasteiger partial charge in [0.1, 0.15) is 19.2 Å². The number of benzene rings is 2. The molecule has 2 fully saturated rings. The molecule has 0 radical (unpaired) electrons. The van der Waals surface area contributed by atoms with E-state index in [1.165, 1.54) is 4.90 Å². The minimum absolute atomic E-state index is 0.0739. The predicted octanol–water partition coefficient (Wildman–Crippen LogP) is 2.37. The molecule has 2 heterocycles. The second-order valence-electron chi connectivity index (χ2n) is 8.34. The molecule has 0 aromatic heterocycles. The van der Waals surface area contributed by atoms with Crippen molar-refractivity contribution in [2.75, 3.05) is 19.8 Å². The first-order valence-electron chi connectivity index (χ1n) is 10.8. The van der Waals surface area contributed by atoms with Gasteiger partial charge in [-0.15, -0.1) is 0 Å². The van der Waals surface area contributed by atoms with E-state index in [1.807, 2.05) is 36.4 Å². The van der Waals surface area contributed by atoms with Gasteiger partial charge in [-0.1, -0.05) is 48.5 Å². The van der Waals surface area contributed by atoms with Crippen LogP contribution in [0.25, 0.3) is 11.1 Å². The Balaban J connectivity index is 1.20. The topological polar surface area (TPSA) is 105 Å². The lowest BCUT2D eigenvalue weighted by Crippen LogP contribution is -2.49. The summed E-state index contributed by atoms with van der Waals surface area (Å²) in [5.41, 5.74) is 4.47. The van der Waals surface area contributed by atoms with Gasteiger partial charge in [0.2, 0.25) is 5.91 Å². The van der Waals surface area contributed by atoms with Crippen molar-refractivity contribution in [3.8, 4) is 11.1 Å². The van der Waals surface area contributed by atoms with Crippen LogP contribution in [-0.4, -0.2) is 65.9 Å². The van der Waals surface area contributed by atoms with E-state index in [0.717, 1.165) is 22.3 Å². The zero-order chi connectivity index (χ0) is 22.2. The van der Waals surface area contributed by atoms with Gasteiger partial charge >= 0.3 is 12.1 Å². The maximum absolute atomic E-state index is 12.7. The fourth-order valence-electron chi connectivity index (χ4n) is 5.21. The van der Waals surface area contributed by atoms with E-state index < -0.39 is 24.0 Å². The second-order valence-corrected chi connectivity index (χ2v) is 8.34. The number of rotatable bonds is 5. The first-order valence-corrected chi connectivity index (χ1v) is 10.8. The number of carboxylic acid groups (broad SMARTS) is 1. The molecule has 1 aliphatic carbocycles. The van der Waals surface area contributed by atoms with E-state index in [1.54, 1.807) is 0 Å². The van der Waals surface area contributed by atoms with Crippen molar-refractivity contribution in [1.82, 2.24) is 10.2 Å². The van der Waals surface area contributed by atoms with Crippen LogP contribution in [0.3, 0.4) is 0 Å². The van der Waals surface area contributed by atoms with Gasteiger partial charge in [0, 0.05) is 18.9 Å². The number of carboxylic acids is 1. The Morgan fingerprint density at radius 1 is 1.06 bits per heavy atom. The third-order valence-corrected chi connectivity index (χ3v) is 6.62. The summed E-state index contributed by atoms with van der Waals surface area (Å²) < 4.78 is 11.0. The number of carbonyl (C=O) groups is 3. The van der Waals surface area contributed by atoms with Crippen molar-refractivity contribution >= 4 is 18.0 Å². The minimum atomic E-state index is -1.06. The lowest BCUT2D eigenvalue weighted by Gasteiger charge is -2.26. The molecule has 0 spiro atoms. The molecule has 2 aliphatic heterocycles. The molecule has 3 aliphatic rings. The number of aliphatic carboxylic acids is 1. The molecule has 2 amide bonds. The van der Waals surface area contributed by atoms with Crippen LogP contribution in [-0.2, 0) is 19.1 Å². The Morgan fingerprint density at radius 3 is 2.38 bits per heavy atom. The number of likely N-dealkylation sites (tertiary alicyclic amines) is 1. The van der Waals surface area contributed by atoms with E-state index in [2.05, 4.69) is 17.4 Å². The highest BCUT2D eigenvalue weighted by atomic mass is 16.5. The van der Waals surface area contributed by atoms with Crippen LogP contribution in [0.5, 0.6) is 0 Å². The molecule has 1 unspecified atom stereocenters. The molecule has 3 atom stereocenters. The number of amides is 2. The molecule has 32 heavy (non-hydrogen) atoms. The number of nitrogens with zero attached hydrogens (tertiary/aromatic N) is 1. The van der Waals surface area contributed by atoms with Gasteiger partial charge in [-0.05, 0) is 28.7 Å². The Kier molecular flexibility index (Phi) is 5.30. The first-order chi connectivity index (χ1) is 15.5. The summed E-state index contributed by atoms with van der Waals surface area (Å²) in [6, 6.07) is 14.9. The molecular formula is C24H24N2O6. The van der Waals surface area contributed by atoms with Crippen molar-refractivity contribution in [1.29, 1.82) is 0 Å². The van der Waals surface area contributed by atoms with Crippen molar-refractivity contribution in [2.45, 2.75) is 36.9 Å². The van der Waals surface area contributed by atoms with Gasteiger partial charge in [0.05, 0.1) is 12.1 Å². The zero-order valence-corrected chi connectivity index (χ0v) is 17.4. The Morgan fingerprint density at radius 2 is 1.72 bits per heavy atom. The Labute approximate surface area is 185 Å². The highest BCUT2D eigenvalue weighted by Crippen LogP contribution is 2.44. The van der Waals surface area contributed by atoms with Crippen LogP contribution < -0.4 is 5.32 Å². The van der Waals surface area contributed by atoms with Gasteiger partial charge in [-0.2, -0.15) is 0 Å². The lowest BCUT2D eigenvalue weighted by molar-refractivity contribution is -0.149. The van der Waals surface area contributed by atoms with Gasteiger partial charge in [0.15, 0.2) is 0 Å². The third kappa shape index (κ3) is 3.50. The number of alkyl carbamates (subject to hydrolysis) is 1. The Bertz CT molecular complexity index is 1020. The SMILES string of the molecule is O=C(NCC(=O)N1C(C(=O)O)C[C@H]2OCC[C@H]21)OCC1c2ccccc2-c2ccccc21. The highest BCUT2D eigenvalue weighted by molar-refractivity contribution is 5.88. The van der Waals surface area contributed by atoms with Crippen LogP contribution in [0.4, 0.5) is 4.79 Å². The van der Waals surface area contributed by atoms with E-state index in [4.69, 9.17) is 9.47 Å². The molecule has 2 N–H and O–H groups in total. The summed E-state index contributed by atoms with van der Waals surface area (Å²) in [6.07, 6.45) is -0.0815. The summed E-state index contributed by atoms with van der Waals surface area (Å²) >= 11 is 0. The van der Waals surface area contributed by atoms with Gasteiger partial charge in [0.25, 0.3) is 0 Å². The normalized spacial score (nSPS) is 23.4. The van der Waals surface area contributed by atoms with Crippen molar-refractivity contribution in [2.24, 2.45) is 0 Å². The molecule has 0 bridgehead atoms. The molecule has 2 saturated heterocycles. The lowest BCUT2D eigenvalue weighted by atomic mass is 9.98. The van der Waals surface area contributed by atoms with Crippen LogP contribution >= 0.6 is 0 Å². The number of carbonyl (C=O) groups excluding carboxylic acids is 2. The quantitative estimate of drug-likeness (QED) is 0.746. The molecule has 2 aromatic rings. The van der Waals surface area contributed by atoms with Crippen LogP contribution in [0, 0.1) is 0 Å². The fraction of sp³-hybridized carbons (Fsp3) is 0.375. The van der Waals surface area contributed by atoms with E-state index >= 15 is 0 Å². The average molecular weight is 436 g/mol. The second kappa shape index (κ2) is 8.27. The molecule has 8 heteroatoms. The Hall–Kier alpha value is -3.39. The number of hydrogen-bond acceptors (Lipinski definition) is 5. The zero-order valence-electron chi connectivity index (χ0n) is 17.4. The smallest absolute Gasteiger partial charge is 0.407 e. The monoisotopic (exact) mass is 436 g/mol. The molecule has 0 saturated carbocycles. The van der Waals surface area contributed by atoms with E-state index in [-0.39, 0.29) is 37.6 Å². The number of fused-ring (bicyclic) bond motifs is 4. The molecule has 8 nitrogen and oxygen atoms in total. The molecule has 166 valence electrons. The average Bonchev–Trinajstić information content (AvgIpc) is 3.47. The van der Waals surface area contributed by atoms with Crippen LogP contribution in [0.1, 0.15) is 29.9 Å². The summed E-state index contributed by atoms with van der Waals surface area (Å²) in [5.74, 6) is -1.57. The third-order valence-electron chi connectivity index (χ3n) is 6.62. The van der Waals surface area contributed by atoms with Crippen LogP contribution in [0.2, 0.25) is 0 Å². The van der Waals surface area contributed by atoms with Crippen LogP contribution in [0.15, 0.2) is 48.5 Å². The predicted molar refractivity (Wildman–Crippen MR) is 114 cm³/mol. The summed E-state index contributed by atoms with van der Waals surface area (Å²) in [7, 11) is 0. The van der Waals surface area contributed by atoms with Crippen molar-refractivity contribution in [3.05, 3.63) is 59.7 Å². The van der Waals surface area contributed by atoms with E-state index in [0.29, 0.717) is 13.0 Å². The first kappa shape index (κ1) is 20.5. The molecular weight excluding hydrogens is 412 g/mol. The number of ether oxygens (including phenoxy) is 2. The summed E-state index contributed by atoms with van der Waals surface area (Å²) in [4.78, 5) is 38.0. The van der Waals surface area contributed by atoms with Gasteiger partial charge in [-0.3, -0.25) is 4.79 Å². The van der Waals surface area contributed by atoms with Crippen molar-refractivity contribution < 1.29 is 29.0 Å². The minimum Gasteiger partial charge on any atom is -0.480 e. The number of hydrogen-bond donors (Lipinski definition) is 2. The maximum Gasteiger partial charge on any atom is 0.407 e.